The minimum absolute atomic E-state index is 1.06. The number of hydrogen-bond acceptors (Lipinski definition) is 5. The maximum absolute atomic E-state index is 2.42. The Morgan fingerprint density at radius 3 is 1.40 bits per heavy atom. The third kappa shape index (κ3) is 7.47. The first kappa shape index (κ1) is 41.5. The number of rotatable bonds is 11. The van der Waals surface area contributed by atoms with Gasteiger partial charge in [-0.25, -0.2) is 0 Å². The second kappa shape index (κ2) is 17.8. The molecule has 3 heterocycles. The zero-order valence-corrected chi connectivity index (χ0v) is 39.6. The van der Waals surface area contributed by atoms with E-state index in [9.17, 15) is 0 Å². The van der Waals surface area contributed by atoms with Crippen LogP contribution in [0.1, 0.15) is 0 Å². The molecule has 0 unspecified atom stereocenters. The summed E-state index contributed by atoms with van der Waals surface area (Å²) < 4.78 is 4.97. The SMILES string of the molecule is c1ccc(N(c2ccccc2)c2cc(-c3ccc(N(c4ccccc4)c4ccc5c6ccccc6n(-c6ccccc6)c5c4)s3)cc(N(c3ccccc3)c3ccc4sc5ccccc5c4c3)c2)cc1. The van der Waals surface area contributed by atoms with Crippen molar-refractivity contribution < 1.29 is 0 Å². The molecule has 0 radical (unpaired) electrons. The highest BCUT2D eigenvalue weighted by Gasteiger charge is 2.23. The molecule has 0 amide bonds. The van der Waals surface area contributed by atoms with E-state index in [1.54, 1.807) is 11.3 Å². The highest BCUT2D eigenvalue weighted by atomic mass is 32.1. The second-order valence-corrected chi connectivity index (χ2v) is 19.5. The van der Waals surface area contributed by atoms with Gasteiger partial charge >= 0.3 is 0 Å². The topological polar surface area (TPSA) is 14.7 Å². The van der Waals surface area contributed by atoms with Crippen molar-refractivity contribution in [2.24, 2.45) is 0 Å². The first-order chi connectivity index (χ1) is 34.7. The van der Waals surface area contributed by atoms with E-state index in [0.29, 0.717) is 0 Å². The minimum atomic E-state index is 1.06. The summed E-state index contributed by atoms with van der Waals surface area (Å²) in [6.07, 6.45) is 0. The Morgan fingerprint density at radius 1 is 0.271 bits per heavy atom. The van der Waals surface area contributed by atoms with Gasteiger partial charge in [-0.3, -0.25) is 0 Å². The van der Waals surface area contributed by atoms with Gasteiger partial charge in [0.25, 0.3) is 0 Å². The number of para-hydroxylation sites is 6. The van der Waals surface area contributed by atoms with Crippen LogP contribution in [0, 0.1) is 0 Å². The van der Waals surface area contributed by atoms with E-state index in [0.717, 1.165) is 72.1 Å². The molecular weight excluding hydrogens is 889 g/mol. The lowest BCUT2D eigenvalue weighted by atomic mass is 10.1. The largest absolute Gasteiger partial charge is 0.310 e. The van der Waals surface area contributed by atoms with E-state index < -0.39 is 0 Å². The lowest BCUT2D eigenvalue weighted by Crippen LogP contribution is -2.13. The Bertz CT molecular complexity index is 3920. The Balaban J connectivity index is 1.01. The van der Waals surface area contributed by atoms with Gasteiger partial charge in [0.05, 0.1) is 11.0 Å². The van der Waals surface area contributed by atoms with Crippen LogP contribution in [-0.2, 0) is 0 Å². The number of fused-ring (bicyclic) bond motifs is 6. The first-order valence-corrected chi connectivity index (χ1v) is 25.2. The number of nitrogens with zero attached hydrogens (tertiary/aromatic N) is 4. The van der Waals surface area contributed by atoms with Crippen LogP contribution in [0.3, 0.4) is 0 Å². The van der Waals surface area contributed by atoms with E-state index >= 15 is 0 Å². The van der Waals surface area contributed by atoms with Crippen LogP contribution < -0.4 is 14.7 Å². The molecule has 0 aliphatic carbocycles. The molecule has 4 nitrogen and oxygen atoms in total. The summed E-state index contributed by atoms with van der Waals surface area (Å²) in [5.74, 6) is 0. The molecule has 0 spiro atoms. The first-order valence-electron chi connectivity index (χ1n) is 23.6. The van der Waals surface area contributed by atoms with Crippen LogP contribution in [-0.4, -0.2) is 4.57 Å². The third-order valence-electron chi connectivity index (χ3n) is 13.1. The predicted molar refractivity (Wildman–Crippen MR) is 301 cm³/mol. The van der Waals surface area contributed by atoms with Crippen molar-refractivity contribution in [3.05, 3.63) is 267 Å². The normalized spacial score (nSPS) is 11.4. The summed E-state index contributed by atoms with van der Waals surface area (Å²) in [4.78, 5) is 8.35. The molecule has 0 atom stereocenters. The van der Waals surface area contributed by atoms with Crippen molar-refractivity contribution in [2.45, 2.75) is 0 Å². The standard InChI is InChI=1S/C64H44N4S2/c1-6-20-46(21-7-1)65(47-22-8-2-9-23-47)53-40-45(41-54(42-53)66(48-24-10-3-11-25-48)51-35-37-63-58(43-51)57-31-17-19-33-62(57)69-63)61-38-39-64(70-61)67(49-26-12-4-13-27-49)52-34-36-56-55-30-16-18-32-59(55)68(60(56)44-52)50-28-14-5-15-29-50/h1-44H. The van der Waals surface area contributed by atoms with Crippen molar-refractivity contribution in [3.63, 3.8) is 0 Å². The number of thiophene rings is 2. The van der Waals surface area contributed by atoms with Crippen molar-refractivity contribution in [1.29, 1.82) is 0 Å². The van der Waals surface area contributed by atoms with E-state index in [1.807, 2.05) is 11.3 Å². The lowest BCUT2D eigenvalue weighted by Gasteiger charge is -2.30. The van der Waals surface area contributed by atoms with Crippen LogP contribution in [0.2, 0.25) is 0 Å². The summed E-state index contributed by atoms with van der Waals surface area (Å²) in [6.45, 7) is 0. The van der Waals surface area contributed by atoms with E-state index in [1.165, 1.54) is 36.5 Å². The molecule has 0 fully saturated rings. The Labute approximate surface area is 415 Å². The van der Waals surface area contributed by atoms with Gasteiger partial charge in [0.2, 0.25) is 0 Å². The molecule has 13 rings (SSSR count). The van der Waals surface area contributed by atoms with Crippen LogP contribution in [0.4, 0.5) is 50.5 Å². The summed E-state index contributed by atoms with van der Waals surface area (Å²) in [7, 11) is 0. The monoisotopic (exact) mass is 932 g/mol. The van der Waals surface area contributed by atoms with Crippen molar-refractivity contribution >= 4 is 115 Å². The average Bonchev–Trinajstić information content (AvgIpc) is 4.15. The van der Waals surface area contributed by atoms with Crippen molar-refractivity contribution in [2.75, 3.05) is 14.7 Å². The molecule has 0 N–H and O–H groups in total. The van der Waals surface area contributed by atoms with Crippen LogP contribution >= 0.6 is 22.7 Å². The summed E-state index contributed by atoms with van der Waals surface area (Å²) in [6, 6.07) is 96.6. The molecule has 0 saturated carbocycles. The molecular formula is C64H44N4S2. The lowest BCUT2D eigenvalue weighted by molar-refractivity contribution is 1.18. The van der Waals surface area contributed by atoms with Gasteiger partial charge in [0.1, 0.15) is 5.00 Å². The van der Waals surface area contributed by atoms with Gasteiger partial charge in [-0.15, -0.1) is 22.7 Å². The smallest absolute Gasteiger partial charge is 0.101 e. The van der Waals surface area contributed by atoms with Gasteiger partial charge in [-0.05, 0) is 139 Å². The van der Waals surface area contributed by atoms with Gasteiger partial charge < -0.3 is 19.3 Å². The zero-order chi connectivity index (χ0) is 46.4. The van der Waals surface area contributed by atoms with Crippen LogP contribution in [0.5, 0.6) is 0 Å². The number of hydrogen-bond donors (Lipinski definition) is 0. The maximum Gasteiger partial charge on any atom is 0.101 e. The number of anilines is 9. The van der Waals surface area contributed by atoms with Gasteiger partial charge in [-0.2, -0.15) is 0 Å². The van der Waals surface area contributed by atoms with Crippen molar-refractivity contribution in [3.8, 4) is 16.1 Å². The predicted octanol–water partition coefficient (Wildman–Crippen LogP) is 19.3. The molecule has 6 heteroatoms. The fraction of sp³-hybridized carbons (Fsp3) is 0. The molecule has 0 saturated heterocycles. The van der Waals surface area contributed by atoms with Gasteiger partial charge in [-0.1, -0.05) is 133 Å². The molecule has 0 aliphatic rings. The number of aromatic nitrogens is 1. The Hall–Kier alpha value is -8.68. The number of benzene rings is 10. The fourth-order valence-electron chi connectivity index (χ4n) is 10.0. The third-order valence-corrected chi connectivity index (χ3v) is 15.4. The summed E-state index contributed by atoms with van der Waals surface area (Å²) in [5.41, 5.74) is 13.3. The Kier molecular flexibility index (Phi) is 10.5. The average molecular weight is 933 g/mol. The minimum Gasteiger partial charge on any atom is -0.310 e. The van der Waals surface area contributed by atoms with Crippen LogP contribution in [0.25, 0.3) is 58.1 Å². The molecule has 3 aromatic heterocycles. The summed E-state index contributed by atoms with van der Waals surface area (Å²) in [5, 5.41) is 6.12. The second-order valence-electron chi connectivity index (χ2n) is 17.4. The van der Waals surface area contributed by atoms with Gasteiger partial charge in [0, 0.05) is 87.0 Å². The molecule has 13 aromatic rings. The molecule has 0 bridgehead atoms. The Morgan fingerprint density at radius 2 is 0.757 bits per heavy atom. The molecule has 70 heavy (non-hydrogen) atoms. The quantitative estimate of drug-likeness (QED) is 0.128. The molecule has 332 valence electrons. The highest BCUT2D eigenvalue weighted by molar-refractivity contribution is 7.25. The summed E-state index contributed by atoms with van der Waals surface area (Å²) >= 11 is 3.65. The van der Waals surface area contributed by atoms with E-state index in [-0.39, 0.29) is 0 Å². The van der Waals surface area contributed by atoms with E-state index in [4.69, 9.17) is 0 Å². The van der Waals surface area contributed by atoms with Crippen LogP contribution in [0.15, 0.2) is 267 Å². The fourth-order valence-corrected chi connectivity index (χ4v) is 12.1. The highest BCUT2D eigenvalue weighted by Crippen LogP contribution is 2.48. The maximum atomic E-state index is 2.42. The van der Waals surface area contributed by atoms with Gasteiger partial charge in [0.15, 0.2) is 0 Å². The molecule has 0 aliphatic heterocycles. The van der Waals surface area contributed by atoms with E-state index in [2.05, 4.69) is 286 Å². The van der Waals surface area contributed by atoms with Crippen molar-refractivity contribution in [1.82, 2.24) is 4.57 Å². The zero-order valence-electron chi connectivity index (χ0n) is 38.0. The molecule has 10 aromatic carbocycles.